The van der Waals surface area contributed by atoms with E-state index in [-0.39, 0.29) is 29.7 Å². The zero-order valence-corrected chi connectivity index (χ0v) is 17.9. The summed E-state index contributed by atoms with van der Waals surface area (Å²) < 4.78 is 11.1. The second-order valence-corrected chi connectivity index (χ2v) is 5.88. The highest BCUT2D eigenvalue weighted by atomic mass is 127. The molecule has 2 aromatic rings. The average molecular weight is 522 g/mol. The van der Waals surface area contributed by atoms with Crippen molar-refractivity contribution in [1.82, 2.24) is 5.32 Å². The fraction of sp³-hybridized carbons (Fsp3) is 0.235. The topological polar surface area (TPSA) is 89.1 Å². The Morgan fingerprint density at radius 3 is 2.44 bits per heavy atom. The maximum atomic E-state index is 9.47. The Hall–Kier alpha value is -1.68. The summed E-state index contributed by atoms with van der Waals surface area (Å²) in [5, 5.41) is 12.5. The molecule has 6 nitrogen and oxygen atoms in total. The quantitative estimate of drug-likeness (QED) is 0.308. The van der Waals surface area contributed by atoms with Gasteiger partial charge in [-0.05, 0) is 51.3 Å². The monoisotopic (exact) mass is 521 g/mol. The first-order chi connectivity index (χ1) is 11.5. The molecule has 0 saturated heterocycles. The number of methoxy groups -OCH3 is 2. The number of aliphatic imine (C=N–C) groups is 1. The van der Waals surface area contributed by atoms with Gasteiger partial charge in [0.05, 0.1) is 25.2 Å². The van der Waals surface area contributed by atoms with E-state index in [2.05, 4.69) is 26.2 Å². The first-order valence-electron chi connectivity index (χ1n) is 7.25. The Morgan fingerprint density at radius 1 is 1.12 bits per heavy atom. The van der Waals surface area contributed by atoms with E-state index in [1.165, 1.54) is 0 Å². The molecule has 0 spiro atoms. The molecule has 25 heavy (non-hydrogen) atoms. The minimum atomic E-state index is 0. The van der Waals surface area contributed by atoms with Gasteiger partial charge in [-0.2, -0.15) is 0 Å². The number of hydrogen-bond acceptors (Lipinski definition) is 4. The van der Waals surface area contributed by atoms with Crippen LogP contribution in [0.3, 0.4) is 0 Å². The van der Waals surface area contributed by atoms with Crippen molar-refractivity contribution < 1.29 is 14.6 Å². The average Bonchev–Trinajstić information content (AvgIpc) is 2.60. The number of ether oxygens (including phenoxy) is 2. The minimum absolute atomic E-state index is 0. The Kier molecular flexibility index (Phi) is 8.84. The number of nitrogens with two attached hydrogens (primary N) is 1. The van der Waals surface area contributed by atoms with E-state index >= 15 is 0 Å². The molecule has 0 saturated carbocycles. The fourth-order valence-corrected chi connectivity index (χ4v) is 2.49. The second kappa shape index (κ2) is 10.3. The Bertz CT molecular complexity index is 741. The standard InChI is InChI=1S/C17H20BrN3O3.HI/c1-23-15-6-4-12(8-16(15)24-2)10-21-17(19)20-9-11-3-5-14(22)13(18)7-11;/h3-8,22H,9-10H2,1-2H3,(H3,19,20,21);1H. The van der Waals surface area contributed by atoms with Crippen molar-refractivity contribution in [2.24, 2.45) is 10.7 Å². The van der Waals surface area contributed by atoms with Gasteiger partial charge in [0, 0.05) is 6.54 Å². The number of nitrogens with zero attached hydrogens (tertiary/aromatic N) is 1. The highest BCUT2D eigenvalue weighted by Gasteiger charge is 2.05. The van der Waals surface area contributed by atoms with E-state index in [0.717, 1.165) is 11.1 Å². The summed E-state index contributed by atoms with van der Waals surface area (Å²) in [4.78, 5) is 4.28. The number of phenols is 1. The SMILES string of the molecule is COc1ccc(CNC(N)=NCc2ccc(O)c(Br)c2)cc1OC.I. The van der Waals surface area contributed by atoms with Crippen molar-refractivity contribution >= 4 is 45.9 Å². The number of hydrogen-bond donors (Lipinski definition) is 3. The molecule has 136 valence electrons. The molecule has 4 N–H and O–H groups in total. The molecular formula is C17H21BrIN3O3. The Morgan fingerprint density at radius 2 is 1.80 bits per heavy atom. The Labute approximate surface area is 172 Å². The number of aromatic hydroxyl groups is 1. The zero-order valence-electron chi connectivity index (χ0n) is 14.0. The second-order valence-electron chi connectivity index (χ2n) is 5.03. The van der Waals surface area contributed by atoms with Gasteiger partial charge < -0.3 is 25.6 Å². The summed E-state index contributed by atoms with van der Waals surface area (Å²) in [6, 6.07) is 10.9. The zero-order chi connectivity index (χ0) is 17.5. The third-order valence-electron chi connectivity index (χ3n) is 3.37. The summed E-state index contributed by atoms with van der Waals surface area (Å²) >= 11 is 3.27. The molecule has 0 aliphatic rings. The molecule has 0 heterocycles. The van der Waals surface area contributed by atoms with Crippen LogP contribution in [0.1, 0.15) is 11.1 Å². The van der Waals surface area contributed by atoms with Gasteiger partial charge in [-0.15, -0.1) is 24.0 Å². The molecule has 8 heteroatoms. The molecule has 2 rings (SSSR count). The largest absolute Gasteiger partial charge is 0.507 e. The van der Waals surface area contributed by atoms with E-state index in [1.807, 2.05) is 18.2 Å². The molecule has 0 unspecified atom stereocenters. The predicted octanol–water partition coefficient (Wildman–Crippen LogP) is 3.39. The van der Waals surface area contributed by atoms with Gasteiger partial charge in [-0.1, -0.05) is 12.1 Å². The fourth-order valence-electron chi connectivity index (χ4n) is 2.06. The lowest BCUT2D eigenvalue weighted by Gasteiger charge is -2.10. The first-order valence-corrected chi connectivity index (χ1v) is 8.05. The maximum Gasteiger partial charge on any atom is 0.189 e. The molecule has 0 atom stereocenters. The molecule has 0 bridgehead atoms. The van der Waals surface area contributed by atoms with Gasteiger partial charge in [0.25, 0.3) is 0 Å². The van der Waals surface area contributed by atoms with Gasteiger partial charge in [0.15, 0.2) is 17.5 Å². The lowest BCUT2D eigenvalue weighted by atomic mass is 10.2. The van der Waals surface area contributed by atoms with Crippen LogP contribution in [0.2, 0.25) is 0 Å². The van der Waals surface area contributed by atoms with Crippen molar-refractivity contribution in [2.45, 2.75) is 13.1 Å². The van der Waals surface area contributed by atoms with Crippen LogP contribution in [0.25, 0.3) is 0 Å². The van der Waals surface area contributed by atoms with Crippen LogP contribution in [-0.4, -0.2) is 25.3 Å². The highest BCUT2D eigenvalue weighted by molar-refractivity contribution is 14.0. The maximum absolute atomic E-state index is 9.47. The number of rotatable bonds is 6. The van der Waals surface area contributed by atoms with Crippen molar-refractivity contribution in [3.63, 3.8) is 0 Å². The molecular weight excluding hydrogens is 501 g/mol. The van der Waals surface area contributed by atoms with Crippen molar-refractivity contribution in [2.75, 3.05) is 14.2 Å². The van der Waals surface area contributed by atoms with Crippen molar-refractivity contribution in [1.29, 1.82) is 0 Å². The van der Waals surface area contributed by atoms with Gasteiger partial charge in [-0.3, -0.25) is 0 Å². The molecule has 2 aromatic carbocycles. The molecule has 0 aromatic heterocycles. The lowest BCUT2D eigenvalue weighted by Crippen LogP contribution is -2.31. The van der Waals surface area contributed by atoms with E-state index < -0.39 is 0 Å². The molecule has 0 aliphatic carbocycles. The van der Waals surface area contributed by atoms with Crippen LogP contribution in [0.15, 0.2) is 45.9 Å². The lowest BCUT2D eigenvalue weighted by molar-refractivity contribution is 0.354. The van der Waals surface area contributed by atoms with Gasteiger partial charge >= 0.3 is 0 Å². The van der Waals surface area contributed by atoms with Gasteiger partial charge in [0.2, 0.25) is 0 Å². The van der Waals surface area contributed by atoms with Crippen LogP contribution in [0.5, 0.6) is 17.2 Å². The summed E-state index contributed by atoms with van der Waals surface area (Å²) in [6.07, 6.45) is 0. The van der Waals surface area contributed by atoms with E-state index in [1.54, 1.807) is 32.4 Å². The van der Waals surface area contributed by atoms with Crippen molar-refractivity contribution in [3.8, 4) is 17.2 Å². The van der Waals surface area contributed by atoms with Gasteiger partial charge in [-0.25, -0.2) is 4.99 Å². The summed E-state index contributed by atoms with van der Waals surface area (Å²) in [7, 11) is 3.20. The third kappa shape index (κ3) is 6.28. The van der Waals surface area contributed by atoms with Crippen LogP contribution < -0.4 is 20.5 Å². The number of guanidine groups is 1. The summed E-state index contributed by atoms with van der Waals surface area (Å²) in [5.74, 6) is 1.89. The van der Waals surface area contributed by atoms with Crippen LogP contribution >= 0.6 is 39.9 Å². The molecule has 0 aliphatic heterocycles. The minimum Gasteiger partial charge on any atom is -0.507 e. The summed E-state index contributed by atoms with van der Waals surface area (Å²) in [6.45, 7) is 0.943. The molecule has 0 radical (unpaired) electrons. The smallest absolute Gasteiger partial charge is 0.189 e. The molecule has 0 fully saturated rings. The van der Waals surface area contributed by atoms with E-state index in [0.29, 0.717) is 35.0 Å². The van der Waals surface area contributed by atoms with Gasteiger partial charge in [0.1, 0.15) is 5.75 Å². The number of phenolic OH excluding ortho intramolecular Hbond substituents is 1. The van der Waals surface area contributed by atoms with Crippen LogP contribution in [-0.2, 0) is 13.1 Å². The number of benzene rings is 2. The van der Waals surface area contributed by atoms with Crippen LogP contribution in [0, 0.1) is 0 Å². The number of halogens is 2. The van der Waals surface area contributed by atoms with Crippen LogP contribution in [0.4, 0.5) is 0 Å². The van der Waals surface area contributed by atoms with E-state index in [9.17, 15) is 5.11 Å². The first kappa shape index (κ1) is 21.4. The third-order valence-corrected chi connectivity index (χ3v) is 4.00. The van der Waals surface area contributed by atoms with Crippen molar-refractivity contribution in [3.05, 3.63) is 52.0 Å². The summed E-state index contributed by atoms with van der Waals surface area (Å²) in [5.41, 5.74) is 7.82. The number of nitrogens with one attached hydrogen (secondary N) is 1. The Balaban J connectivity index is 0.00000312. The van der Waals surface area contributed by atoms with E-state index in [4.69, 9.17) is 15.2 Å². The highest BCUT2D eigenvalue weighted by Crippen LogP contribution is 2.27. The predicted molar refractivity (Wildman–Crippen MR) is 113 cm³/mol. The normalized spacial score (nSPS) is 10.8. The molecule has 0 amide bonds.